The van der Waals surface area contributed by atoms with E-state index in [1.807, 2.05) is 24.3 Å². The molecule has 0 fully saturated rings. The van der Waals surface area contributed by atoms with Gasteiger partial charge in [0.15, 0.2) is 0 Å². The lowest BCUT2D eigenvalue weighted by Crippen LogP contribution is -2.63. The maximum Gasteiger partial charge on any atom is 0.261 e. The Labute approximate surface area is 372 Å². The van der Waals surface area contributed by atoms with Crippen molar-refractivity contribution in [1.29, 1.82) is 0 Å². The van der Waals surface area contributed by atoms with Gasteiger partial charge in [-0.1, -0.05) is 115 Å². The minimum Gasteiger partial charge on any atom is -0.458 e. The first-order valence-corrected chi connectivity index (χ1v) is 21.8. The van der Waals surface area contributed by atoms with Gasteiger partial charge in [-0.2, -0.15) is 0 Å². The highest BCUT2D eigenvalue weighted by molar-refractivity contribution is 7.01. The Morgan fingerprint density at radius 3 is 0.969 bits per heavy atom. The van der Waals surface area contributed by atoms with Crippen LogP contribution in [0.5, 0.6) is 46.0 Å². The molecule has 13 rings (SSSR count). The van der Waals surface area contributed by atoms with Crippen LogP contribution in [0.4, 0.5) is 34.1 Å². The third-order valence-electron chi connectivity index (χ3n) is 13.2. The quantitative estimate of drug-likeness (QED) is 0.156. The molecule has 0 unspecified atom stereocenters. The number of nitrogens with zero attached hydrogens (tertiary/aromatic N) is 2. The lowest BCUT2D eigenvalue weighted by Gasteiger charge is -2.40. The average molecular weight is 825 g/mol. The third-order valence-corrected chi connectivity index (χ3v) is 13.2. The fraction of sp³-hybridized carbons (Fsp3) is 0.0357. The predicted molar refractivity (Wildman–Crippen MR) is 261 cm³/mol. The number of rotatable bonds is 6. The van der Waals surface area contributed by atoms with Crippen LogP contribution in [-0.4, -0.2) is 13.4 Å². The number of hydrogen-bond acceptors (Lipinski definition) is 6. The zero-order valence-electron chi connectivity index (χ0n) is 35.2. The second-order valence-electron chi connectivity index (χ2n) is 16.8. The molecule has 4 aliphatic heterocycles. The topological polar surface area (TPSA) is 43.4 Å². The molecule has 64 heavy (non-hydrogen) atoms. The number of anilines is 6. The first-order valence-electron chi connectivity index (χ1n) is 21.8. The van der Waals surface area contributed by atoms with E-state index in [-0.39, 0.29) is 13.4 Å². The lowest BCUT2D eigenvalue weighted by atomic mass is 9.30. The summed E-state index contributed by atoms with van der Waals surface area (Å²) in [6.07, 6.45) is 0. The van der Waals surface area contributed by atoms with E-state index in [9.17, 15) is 0 Å². The molecule has 0 spiro atoms. The number of fused-ring (bicyclic) bond motifs is 8. The van der Waals surface area contributed by atoms with E-state index in [1.165, 1.54) is 0 Å². The van der Waals surface area contributed by atoms with Gasteiger partial charge in [0, 0.05) is 63.5 Å². The molecule has 8 heteroatoms. The van der Waals surface area contributed by atoms with Crippen LogP contribution < -0.4 is 61.5 Å². The number of hydrogen-bond donors (Lipinski definition) is 0. The van der Waals surface area contributed by atoms with Crippen LogP contribution in [0.1, 0.15) is 11.1 Å². The first-order chi connectivity index (χ1) is 31.6. The van der Waals surface area contributed by atoms with Gasteiger partial charge >= 0.3 is 0 Å². The fourth-order valence-electron chi connectivity index (χ4n) is 10.5. The summed E-state index contributed by atoms with van der Waals surface area (Å²) in [6.45, 7) is 4.10. The second kappa shape index (κ2) is 14.2. The Morgan fingerprint density at radius 1 is 0.297 bits per heavy atom. The van der Waals surface area contributed by atoms with Crippen molar-refractivity contribution in [3.63, 3.8) is 0 Å². The molecule has 0 aliphatic carbocycles. The third kappa shape index (κ3) is 5.48. The molecule has 0 saturated carbocycles. The van der Waals surface area contributed by atoms with Gasteiger partial charge in [-0.3, -0.25) is 0 Å². The summed E-state index contributed by atoms with van der Waals surface area (Å²) in [4.78, 5) is 4.51. The summed E-state index contributed by atoms with van der Waals surface area (Å²) in [5.74, 6) is 6.39. The molecule has 0 saturated heterocycles. The molecular formula is C56H38B2N2O4. The van der Waals surface area contributed by atoms with Gasteiger partial charge in [-0.15, -0.1) is 0 Å². The standard InChI is InChI=1S/C56H38B2N2O4/c1-35-51-55(63-49-33-41(31-47-53(49)57(51)43-27-15-17-29-45(43)61-47)59(37-19-7-3-8-20-37)38-21-9-4-10-22-38)36(2)56-52(35)58-44-28-16-18-30-46(44)62-48-32-42(34-50(64-56)54(48)58)60(39-23-11-5-12-24-39)40-25-13-6-14-26-40/h3-34H,1-2H3. The van der Waals surface area contributed by atoms with Gasteiger partial charge in [-0.25, -0.2) is 0 Å². The van der Waals surface area contributed by atoms with Crippen LogP contribution in [0.2, 0.25) is 0 Å². The highest BCUT2D eigenvalue weighted by Crippen LogP contribution is 2.47. The van der Waals surface area contributed by atoms with E-state index >= 15 is 0 Å². The van der Waals surface area contributed by atoms with Crippen LogP contribution in [0.15, 0.2) is 194 Å². The van der Waals surface area contributed by atoms with E-state index in [0.717, 1.165) is 124 Å². The molecular weight excluding hydrogens is 786 g/mol. The molecule has 0 aromatic heterocycles. The molecule has 9 aromatic carbocycles. The largest absolute Gasteiger partial charge is 0.458 e. The maximum atomic E-state index is 7.30. The average Bonchev–Trinajstić information content (AvgIpc) is 3.34. The molecule has 0 N–H and O–H groups in total. The smallest absolute Gasteiger partial charge is 0.261 e. The van der Waals surface area contributed by atoms with Crippen molar-refractivity contribution in [3.8, 4) is 46.0 Å². The molecule has 302 valence electrons. The van der Waals surface area contributed by atoms with Crippen molar-refractivity contribution in [2.45, 2.75) is 13.8 Å². The van der Waals surface area contributed by atoms with Crippen molar-refractivity contribution in [3.05, 3.63) is 205 Å². The van der Waals surface area contributed by atoms with Crippen molar-refractivity contribution in [2.24, 2.45) is 0 Å². The SMILES string of the molecule is Cc1c2c(c(C)c3c1Oc1cc(N(c4ccccc4)c4ccccc4)cc4c1B3c1ccccc1O4)B1c3ccccc3Oc3cc(N(c4ccccc4)c4ccccc4)cc(c31)O2. The Morgan fingerprint density at radius 2 is 0.609 bits per heavy atom. The number of ether oxygens (including phenoxy) is 4. The molecule has 4 aliphatic rings. The van der Waals surface area contributed by atoms with Crippen molar-refractivity contribution in [1.82, 2.24) is 0 Å². The van der Waals surface area contributed by atoms with Gasteiger partial charge in [0.2, 0.25) is 0 Å². The zero-order valence-corrected chi connectivity index (χ0v) is 35.2. The number of para-hydroxylation sites is 6. The lowest BCUT2D eigenvalue weighted by molar-refractivity contribution is 0.447. The molecule has 0 amide bonds. The molecule has 0 atom stereocenters. The van der Waals surface area contributed by atoms with Crippen LogP contribution in [0, 0.1) is 13.8 Å². The monoisotopic (exact) mass is 824 g/mol. The maximum absolute atomic E-state index is 7.30. The van der Waals surface area contributed by atoms with Crippen molar-refractivity contribution < 1.29 is 18.9 Å². The van der Waals surface area contributed by atoms with E-state index in [2.05, 4.69) is 194 Å². The summed E-state index contributed by atoms with van der Waals surface area (Å²) in [7, 11) is 0. The van der Waals surface area contributed by atoms with Crippen LogP contribution in [0.25, 0.3) is 0 Å². The molecule has 4 heterocycles. The van der Waals surface area contributed by atoms with Gasteiger partial charge < -0.3 is 28.7 Å². The van der Waals surface area contributed by atoms with Crippen molar-refractivity contribution in [2.75, 3.05) is 9.80 Å². The van der Waals surface area contributed by atoms with E-state index in [0.29, 0.717) is 0 Å². The number of benzene rings is 9. The van der Waals surface area contributed by atoms with Gasteiger partial charge in [0.05, 0.1) is 11.4 Å². The summed E-state index contributed by atoms with van der Waals surface area (Å²) < 4.78 is 28.4. The summed E-state index contributed by atoms with van der Waals surface area (Å²) in [5, 5.41) is 0. The highest BCUT2D eigenvalue weighted by Gasteiger charge is 2.48. The summed E-state index contributed by atoms with van der Waals surface area (Å²) in [6, 6.07) is 67.4. The molecule has 9 aromatic rings. The molecule has 6 nitrogen and oxygen atoms in total. The Hall–Kier alpha value is -8.09. The molecule has 0 bridgehead atoms. The Kier molecular flexibility index (Phi) is 8.13. The fourth-order valence-corrected chi connectivity index (χ4v) is 10.5. The van der Waals surface area contributed by atoms with Crippen LogP contribution in [-0.2, 0) is 0 Å². The minimum absolute atomic E-state index is 0.151. The minimum atomic E-state index is -0.151. The normalized spacial score (nSPS) is 13.0. The predicted octanol–water partition coefficient (Wildman–Crippen LogP) is 10.7. The van der Waals surface area contributed by atoms with Crippen LogP contribution >= 0.6 is 0 Å². The summed E-state index contributed by atoms with van der Waals surface area (Å²) in [5.41, 5.74) is 14.6. The van der Waals surface area contributed by atoms with E-state index in [1.54, 1.807) is 0 Å². The van der Waals surface area contributed by atoms with Gasteiger partial charge in [-0.05, 0) is 96.4 Å². The van der Waals surface area contributed by atoms with Crippen molar-refractivity contribution >= 4 is 80.3 Å². The Balaban J connectivity index is 1.03. The Bertz CT molecular complexity index is 3030. The highest BCUT2D eigenvalue weighted by atomic mass is 16.5. The van der Waals surface area contributed by atoms with Gasteiger partial charge in [0.25, 0.3) is 13.4 Å². The van der Waals surface area contributed by atoms with E-state index < -0.39 is 0 Å². The zero-order chi connectivity index (χ0) is 42.5. The molecule has 0 radical (unpaired) electrons. The van der Waals surface area contributed by atoms with Crippen LogP contribution in [0.3, 0.4) is 0 Å². The first kappa shape index (κ1) is 36.6. The van der Waals surface area contributed by atoms with Gasteiger partial charge in [0.1, 0.15) is 46.0 Å². The van der Waals surface area contributed by atoms with E-state index in [4.69, 9.17) is 18.9 Å². The summed E-state index contributed by atoms with van der Waals surface area (Å²) >= 11 is 0. The second-order valence-corrected chi connectivity index (χ2v) is 16.8.